The largest absolute Gasteiger partial charge is 0.445 e. The minimum absolute atomic E-state index is 0.735. The van der Waals surface area contributed by atoms with Crippen LogP contribution >= 0.6 is 0 Å². The third-order valence-corrected chi connectivity index (χ3v) is 1.51. The maximum absolute atomic E-state index is 5.11. The lowest BCUT2D eigenvalue weighted by Crippen LogP contribution is -1.77. The Hall–Kier alpha value is -1.05. The third kappa shape index (κ3) is 2.22. The summed E-state index contributed by atoms with van der Waals surface area (Å²) < 4.78 is 5.11. The second-order valence-corrected chi connectivity index (χ2v) is 2.51. The fraction of sp³-hybridized carbons (Fsp3) is 0.444. The van der Waals surface area contributed by atoms with E-state index in [4.69, 9.17) is 4.42 Å². The van der Waals surface area contributed by atoms with Crippen molar-refractivity contribution in [2.24, 2.45) is 0 Å². The molecule has 1 heterocycles. The molecule has 0 aliphatic rings. The van der Waals surface area contributed by atoms with E-state index < -0.39 is 0 Å². The Bertz CT molecular complexity index is 224. The molecular formula is C9H13NO. The van der Waals surface area contributed by atoms with Crippen molar-refractivity contribution in [3.05, 3.63) is 24.4 Å². The Labute approximate surface area is 66.9 Å². The number of oxazole rings is 1. The molecule has 0 spiro atoms. The topological polar surface area (TPSA) is 26.0 Å². The molecule has 0 aromatic carbocycles. The highest BCUT2D eigenvalue weighted by molar-refractivity contribution is 5.55. The van der Waals surface area contributed by atoms with E-state index in [0.29, 0.717) is 0 Å². The molecule has 0 amide bonds. The van der Waals surface area contributed by atoms with E-state index in [-0.39, 0.29) is 0 Å². The van der Waals surface area contributed by atoms with Crippen LogP contribution in [0.25, 0.3) is 5.57 Å². The molecule has 0 aliphatic heterocycles. The average molecular weight is 151 g/mol. The van der Waals surface area contributed by atoms with Gasteiger partial charge in [-0.05, 0) is 13.3 Å². The molecule has 0 aliphatic carbocycles. The van der Waals surface area contributed by atoms with E-state index >= 15 is 0 Å². The summed E-state index contributed by atoms with van der Waals surface area (Å²) in [5.74, 6) is 0.735. The Kier molecular flexibility index (Phi) is 2.90. The van der Waals surface area contributed by atoms with Gasteiger partial charge in [-0.25, -0.2) is 4.98 Å². The van der Waals surface area contributed by atoms with Crippen molar-refractivity contribution in [3.63, 3.8) is 0 Å². The van der Waals surface area contributed by atoms with E-state index in [1.165, 1.54) is 0 Å². The number of aromatic nitrogens is 1. The average Bonchev–Trinajstić information content (AvgIpc) is 2.52. The lowest BCUT2D eigenvalue weighted by Gasteiger charge is -1.92. The number of hydrogen-bond acceptors (Lipinski definition) is 2. The van der Waals surface area contributed by atoms with Gasteiger partial charge in [0.25, 0.3) is 0 Å². The maximum atomic E-state index is 5.11. The predicted octanol–water partition coefficient (Wildman–Crippen LogP) is 2.88. The molecule has 0 saturated heterocycles. The molecule has 2 heteroatoms. The highest BCUT2D eigenvalue weighted by Gasteiger charge is 1.97. The molecule has 0 bridgehead atoms. The van der Waals surface area contributed by atoms with E-state index in [0.717, 1.165) is 24.3 Å². The summed E-state index contributed by atoms with van der Waals surface area (Å²) in [6, 6.07) is 0. The first kappa shape index (κ1) is 8.05. The summed E-state index contributed by atoms with van der Waals surface area (Å²) in [6.45, 7) is 4.17. The van der Waals surface area contributed by atoms with Crippen molar-refractivity contribution in [3.8, 4) is 0 Å². The summed E-state index contributed by atoms with van der Waals surface area (Å²) in [7, 11) is 0. The zero-order chi connectivity index (χ0) is 8.10. The quantitative estimate of drug-likeness (QED) is 0.663. The first-order valence-electron chi connectivity index (χ1n) is 3.91. The molecule has 0 fully saturated rings. The van der Waals surface area contributed by atoms with Crippen LogP contribution in [0.2, 0.25) is 0 Å². The van der Waals surface area contributed by atoms with Gasteiger partial charge in [0.15, 0.2) is 0 Å². The van der Waals surface area contributed by atoms with Gasteiger partial charge < -0.3 is 4.42 Å². The molecule has 0 atom stereocenters. The van der Waals surface area contributed by atoms with E-state index in [2.05, 4.69) is 18.0 Å². The van der Waals surface area contributed by atoms with Crippen LogP contribution in [-0.2, 0) is 0 Å². The van der Waals surface area contributed by atoms with Crippen molar-refractivity contribution in [1.82, 2.24) is 4.98 Å². The van der Waals surface area contributed by atoms with Crippen molar-refractivity contribution in [2.45, 2.75) is 26.7 Å². The van der Waals surface area contributed by atoms with E-state index in [1.54, 1.807) is 12.5 Å². The van der Waals surface area contributed by atoms with Gasteiger partial charge in [0.05, 0.1) is 6.20 Å². The number of unbranched alkanes of at least 4 members (excludes halogenated alkanes) is 1. The van der Waals surface area contributed by atoms with Crippen molar-refractivity contribution in [2.75, 3.05) is 0 Å². The molecule has 0 saturated carbocycles. The van der Waals surface area contributed by atoms with Crippen LogP contribution in [0.4, 0.5) is 0 Å². The number of nitrogens with zero attached hydrogens (tertiary/aromatic N) is 1. The van der Waals surface area contributed by atoms with E-state index in [9.17, 15) is 0 Å². The van der Waals surface area contributed by atoms with Gasteiger partial charge in [-0.1, -0.05) is 19.4 Å². The Morgan fingerprint density at radius 3 is 3.09 bits per heavy atom. The molecular weight excluding hydrogens is 138 g/mol. The van der Waals surface area contributed by atoms with Crippen LogP contribution in [0.5, 0.6) is 0 Å². The monoisotopic (exact) mass is 151 g/mol. The third-order valence-electron chi connectivity index (χ3n) is 1.51. The fourth-order valence-electron chi connectivity index (χ4n) is 0.866. The molecule has 2 nitrogen and oxygen atoms in total. The molecule has 1 rings (SSSR count). The van der Waals surface area contributed by atoms with Crippen LogP contribution in [0.3, 0.4) is 0 Å². The SMILES string of the molecule is CCC/C=C(\C)c1ncco1. The van der Waals surface area contributed by atoms with Gasteiger partial charge in [0, 0.05) is 5.57 Å². The molecule has 0 unspecified atom stereocenters. The molecule has 60 valence electrons. The predicted molar refractivity (Wildman–Crippen MR) is 45.1 cm³/mol. The second-order valence-electron chi connectivity index (χ2n) is 2.51. The van der Waals surface area contributed by atoms with Gasteiger partial charge in [-0.2, -0.15) is 0 Å². The zero-order valence-corrected chi connectivity index (χ0v) is 7.00. The Morgan fingerprint density at radius 2 is 2.55 bits per heavy atom. The molecule has 11 heavy (non-hydrogen) atoms. The highest BCUT2D eigenvalue weighted by Crippen LogP contribution is 2.11. The Balaban J connectivity index is 2.62. The highest BCUT2D eigenvalue weighted by atomic mass is 16.3. The smallest absolute Gasteiger partial charge is 0.221 e. The van der Waals surface area contributed by atoms with Gasteiger partial charge >= 0.3 is 0 Å². The van der Waals surface area contributed by atoms with Gasteiger partial charge in [-0.3, -0.25) is 0 Å². The van der Waals surface area contributed by atoms with Crippen molar-refractivity contribution >= 4 is 5.57 Å². The number of hydrogen-bond donors (Lipinski definition) is 0. The molecule has 1 aromatic rings. The summed E-state index contributed by atoms with van der Waals surface area (Å²) in [6.07, 6.45) is 7.66. The van der Waals surface area contributed by atoms with Crippen molar-refractivity contribution < 1.29 is 4.42 Å². The summed E-state index contributed by atoms with van der Waals surface area (Å²) in [5.41, 5.74) is 1.12. The lowest BCUT2D eigenvalue weighted by molar-refractivity contribution is 0.541. The first-order chi connectivity index (χ1) is 5.34. The minimum Gasteiger partial charge on any atom is -0.445 e. The van der Waals surface area contributed by atoms with E-state index in [1.807, 2.05) is 6.92 Å². The zero-order valence-electron chi connectivity index (χ0n) is 7.00. The number of allylic oxidation sites excluding steroid dienone is 2. The fourth-order valence-corrected chi connectivity index (χ4v) is 0.866. The Morgan fingerprint density at radius 1 is 1.73 bits per heavy atom. The second kappa shape index (κ2) is 3.96. The van der Waals surface area contributed by atoms with Crippen LogP contribution in [0, 0.1) is 0 Å². The lowest BCUT2D eigenvalue weighted by atomic mass is 10.2. The summed E-state index contributed by atoms with van der Waals surface area (Å²) >= 11 is 0. The normalized spacial score (nSPS) is 12.0. The number of rotatable bonds is 3. The standard InChI is InChI=1S/C9H13NO/c1-3-4-5-8(2)9-10-6-7-11-9/h5-7H,3-4H2,1-2H3/b8-5+. The minimum atomic E-state index is 0.735. The van der Waals surface area contributed by atoms with Gasteiger partial charge in [0.1, 0.15) is 6.26 Å². The summed E-state index contributed by atoms with van der Waals surface area (Å²) in [4.78, 5) is 4.03. The van der Waals surface area contributed by atoms with Crippen LogP contribution in [0.15, 0.2) is 23.0 Å². The van der Waals surface area contributed by atoms with Crippen LogP contribution < -0.4 is 0 Å². The molecule has 0 radical (unpaired) electrons. The van der Waals surface area contributed by atoms with Gasteiger partial charge in [0.2, 0.25) is 5.89 Å². The molecule has 0 N–H and O–H groups in total. The van der Waals surface area contributed by atoms with Gasteiger partial charge in [-0.15, -0.1) is 0 Å². The van der Waals surface area contributed by atoms with Crippen LogP contribution in [-0.4, -0.2) is 4.98 Å². The van der Waals surface area contributed by atoms with Crippen molar-refractivity contribution in [1.29, 1.82) is 0 Å². The van der Waals surface area contributed by atoms with Crippen LogP contribution in [0.1, 0.15) is 32.6 Å². The molecule has 1 aromatic heterocycles. The maximum Gasteiger partial charge on any atom is 0.221 e. The summed E-state index contributed by atoms with van der Waals surface area (Å²) in [5, 5.41) is 0. The first-order valence-corrected chi connectivity index (χ1v) is 3.91.